The standard InChI is InChI=1S/C22H25N5O4/c1-13-10-15(6-7-16(13)25-21(23)29)30-19-11-14(8-9-24-19)20(28)27(5)18-12-17(31-26-18)22(2,3)4/h6-12H,1-5H3,(H3,23,25,29). The Bertz CT molecular complexity index is 1120. The first-order valence-electron chi connectivity index (χ1n) is 9.61. The smallest absolute Gasteiger partial charge is 0.316 e. The minimum absolute atomic E-state index is 0.215. The molecule has 3 aromatic rings. The molecule has 0 bridgehead atoms. The molecule has 0 spiro atoms. The van der Waals surface area contributed by atoms with Crippen molar-refractivity contribution in [2.45, 2.75) is 33.1 Å². The third-order valence-corrected chi connectivity index (χ3v) is 4.55. The van der Waals surface area contributed by atoms with Gasteiger partial charge in [0.25, 0.3) is 5.91 Å². The number of pyridine rings is 1. The maximum atomic E-state index is 12.9. The number of nitrogens with zero attached hydrogens (tertiary/aromatic N) is 3. The molecule has 0 saturated carbocycles. The van der Waals surface area contributed by atoms with Gasteiger partial charge in [-0.15, -0.1) is 0 Å². The summed E-state index contributed by atoms with van der Waals surface area (Å²) in [4.78, 5) is 29.5. The van der Waals surface area contributed by atoms with Crippen molar-refractivity contribution in [2.24, 2.45) is 5.73 Å². The number of nitrogens with one attached hydrogen (secondary N) is 1. The van der Waals surface area contributed by atoms with E-state index in [4.69, 9.17) is 15.0 Å². The van der Waals surface area contributed by atoms with Crippen LogP contribution in [0.15, 0.2) is 47.1 Å². The molecule has 0 radical (unpaired) electrons. The Hall–Kier alpha value is -3.88. The molecule has 0 aliphatic rings. The molecule has 3 amide bonds. The quantitative estimate of drug-likeness (QED) is 0.633. The Labute approximate surface area is 180 Å². The molecule has 0 aliphatic carbocycles. The summed E-state index contributed by atoms with van der Waals surface area (Å²) in [7, 11) is 1.63. The summed E-state index contributed by atoms with van der Waals surface area (Å²) in [6.07, 6.45) is 1.50. The largest absolute Gasteiger partial charge is 0.439 e. The molecule has 0 fully saturated rings. The van der Waals surface area contributed by atoms with E-state index in [0.717, 1.165) is 5.56 Å². The van der Waals surface area contributed by atoms with E-state index >= 15 is 0 Å². The number of aryl methyl sites for hydroxylation is 1. The van der Waals surface area contributed by atoms with Gasteiger partial charge in [0.05, 0.1) is 0 Å². The van der Waals surface area contributed by atoms with E-state index in [9.17, 15) is 9.59 Å². The van der Waals surface area contributed by atoms with Gasteiger partial charge < -0.3 is 20.3 Å². The zero-order valence-electron chi connectivity index (χ0n) is 18.1. The highest BCUT2D eigenvalue weighted by Crippen LogP contribution is 2.28. The van der Waals surface area contributed by atoms with Gasteiger partial charge in [0.1, 0.15) is 11.5 Å². The summed E-state index contributed by atoms with van der Waals surface area (Å²) in [6.45, 7) is 7.82. The Morgan fingerprint density at radius 3 is 2.52 bits per heavy atom. The van der Waals surface area contributed by atoms with Crippen LogP contribution in [0, 0.1) is 6.92 Å². The van der Waals surface area contributed by atoms with Crippen molar-refractivity contribution in [1.82, 2.24) is 10.1 Å². The van der Waals surface area contributed by atoms with Gasteiger partial charge in [-0.05, 0) is 36.8 Å². The monoisotopic (exact) mass is 423 g/mol. The zero-order valence-corrected chi connectivity index (χ0v) is 18.1. The minimum Gasteiger partial charge on any atom is -0.439 e. The zero-order chi connectivity index (χ0) is 22.8. The van der Waals surface area contributed by atoms with Crippen molar-refractivity contribution in [2.75, 3.05) is 17.3 Å². The summed E-state index contributed by atoms with van der Waals surface area (Å²) in [5.41, 5.74) is 6.67. The number of nitrogens with two attached hydrogens (primary N) is 1. The average Bonchev–Trinajstić information content (AvgIpc) is 3.20. The topological polar surface area (TPSA) is 124 Å². The number of benzene rings is 1. The Morgan fingerprint density at radius 1 is 1.16 bits per heavy atom. The Kier molecular flexibility index (Phi) is 5.96. The fourth-order valence-electron chi connectivity index (χ4n) is 2.77. The number of carbonyl (C=O) groups is 2. The normalized spacial score (nSPS) is 11.1. The molecule has 2 heterocycles. The molecule has 3 N–H and O–H groups in total. The number of hydrogen-bond donors (Lipinski definition) is 2. The van der Waals surface area contributed by atoms with Crippen molar-refractivity contribution in [3.05, 3.63) is 59.5 Å². The summed E-state index contributed by atoms with van der Waals surface area (Å²) >= 11 is 0. The van der Waals surface area contributed by atoms with E-state index in [-0.39, 0.29) is 17.2 Å². The van der Waals surface area contributed by atoms with Crippen LogP contribution in [-0.4, -0.2) is 29.1 Å². The van der Waals surface area contributed by atoms with Crippen molar-refractivity contribution < 1.29 is 18.8 Å². The van der Waals surface area contributed by atoms with Crippen molar-refractivity contribution in [3.8, 4) is 11.6 Å². The number of urea groups is 1. The van der Waals surface area contributed by atoms with Gasteiger partial charge in [-0.1, -0.05) is 25.9 Å². The van der Waals surface area contributed by atoms with Gasteiger partial charge in [0.15, 0.2) is 5.82 Å². The third kappa shape index (κ3) is 5.19. The predicted molar refractivity (Wildman–Crippen MR) is 117 cm³/mol. The average molecular weight is 423 g/mol. The van der Waals surface area contributed by atoms with Gasteiger partial charge in [0.2, 0.25) is 5.88 Å². The fourth-order valence-corrected chi connectivity index (χ4v) is 2.77. The van der Waals surface area contributed by atoms with Gasteiger partial charge >= 0.3 is 6.03 Å². The molecule has 9 heteroatoms. The number of ether oxygens (including phenoxy) is 1. The summed E-state index contributed by atoms with van der Waals surface area (Å²) in [6, 6.07) is 9.34. The second kappa shape index (κ2) is 8.47. The van der Waals surface area contributed by atoms with Crippen LogP contribution in [0.1, 0.15) is 42.5 Å². The number of aromatic nitrogens is 2. The SMILES string of the molecule is Cc1cc(Oc2cc(C(=O)N(C)c3cc(C(C)(C)C)on3)ccn2)ccc1NC(N)=O. The number of anilines is 2. The highest BCUT2D eigenvalue weighted by Gasteiger charge is 2.23. The van der Waals surface area contributed by atoms with E-state index in [1.165, 1.54) is 11.1 Å². The lowest BCUT2D eigenvalue weighted by Gasteiger charge is -2.15. The molecule has 31 heavy (non-hydrogen) atoms. The lowest BCUT2D eigenvalue weighted by molar-refractivity contribution is 0.0991. The van der Waals surface area contributed by atoms with E-state index in [0.29, 0.717) is 28.6 Å². The van der Waals surface area contributed by atoms with Crippen LogP contribution < -0.4 is 20.7 Å². The van der Waals surface area contributed by atoms with Gasteiger partial charge in [-0.3, -0.25) is 9.69 Å². The molecule has 0 atom stereocenters. The summed E-state index contributed by atoms with van der Waals surface area (Å²) in [5, 5.41) is 6.53. The molecular weight excluding hydrogens is 398 g/mol. The number of rotatable bonds is 5. The number of hydrogen-bond acceptors (Lipinski definition) is 6. The van der Waals surface area contributed by atoms with Gasteiger partial charge in [-0.25, -0.2) is 9.78 Å². The first-order chi connectivity index (χ1) is 14.5. The second-order valence-electron chi connectivity index (χ2n) is 8.11. The molecular formula is C22H25N5O4. The third-order valence-electron chi connectivity index (χ3n) is 4.55. The number of primary amides is 1. The summed E-state index contributed by atoms with van der Waals surface area (Å²) < 4.78 is 11.2. The molecule has 3 rings (SSSR count). The molecule has 162 valence electrons. The van der Waals surface area contributed by atoms with Crippen LogP contribution in [0.3, 0.4) is 0 Å². The van der Waals surface area contributed by atoms with Crippen LogP contribution in [0.25, 0.3) is 0 Å². The van der Waals surface area contributed by atoms with Crippen molar-refractivity contribution >= 4 is 23.4 Å². The number of carbonyl (C=O) groups excluding carboxylic acids is 2. The first-order valence-corrected chi connectivity index (χ1v) is 9.61. The highest BCUT2D eigenvalue weighted by atomic mass is 16.5. The summed E-state index contributed by atoms with van der Waals surface area (Å²) in [5.74, 6) is 1.58. The fraction of sp³-hybridized carbons (Fsp3) is 0.273. The van der Waals surface area contributed by atoms with Gasteiger partial charge in [-0.2, -0.15) is 0 Å². The highest BCUT2D eigenvalue weighted by molar-refractivity contribution is 6.05. The molecule has 2 aromatic heterocycles. The lowest BCUT2D eigenvalue weighted by atomic mass is 9.93. The van der Waals surface area contributed by atoms with Crippen LogP contribution in [-0.2, 0) is 5.41 Å². The first kappa shape index (κ1) is 21.8. The van der Waals surface area contributed by atoms with E-state index < -0.39 is 6.03 Å². The van der Waals surface area contributed by atoms with Crippen LogP contribution in [0.5, 0.6) is 11.6 Å². The number of amides is 3. The molecule has 1 aromatic carbocycles. The van der Waals surface area contributed by atoms with Crippen molar-refractivity contribution in [1.29, 1.82) is 0 Å². The Morgan fingerprint density at radius 2 is 1.90 bits per heavy atom. The van der Waals surface area contributed by atoms with Crippen LogP contribution in [0.4, 0.5) is 16.3 Å². The van der Waals surface area contributed by atoms with E-state index in [2.05, 4.69) is 15.5 Å². The van der Waals surface area contributed by atoms with Crippen molar-refractivity contribution in [3.63, 3.8) is 0 Å². The molecule has 0 saturated heterocycles. The molecule has 0 aliphatic heterocycles. The maximum absolute atomic E-state index is 12.9. The van der Waals surface area contributed by atoms with Crippen LogP contribution >= 0.6 is 0 Å². The van der Waals surface area contributed by atoms with E-state index in [1.54, 1.807) is 43.4 Å². The second-order valence-corrected chi connectivity index (χ2v) is 8.11. The predicted octanol–water partition coefficient (Wildman–Crippen LogP) is 4.24. The molecule has 0 unspecified atom stereocenters. The maximum Gasteiger partial charge on any atom is 0.316 e. The lowest BCUT2D eigenvalue weighted by Crippen LogP contribution is -2.26. The van der Waals surface area contributed by atoms with Crippen LogP contribution in [0.2, 0.25) is 0 Å². The van der Waals surface area contributed by atoms with Gasteiger partial charge in [0, 0.05) is 42.0 Å². The Balaban J connectivity index is 1.76. The van der Waals surface area contributed by atoms with E-state index in [1.807, 2.05) is 27.7 Å². The molecule has 9 nitrogen and oxygen atoms in total. The minimum atomic E-state index is -0.643.